The number of hydrogen-bond acceptors (Lipinski definition) is 3. The van der Waals surface area contributed by atoms with Gasteiger partial charge in [-0.3, -0.25) is 4.79 Å². The molecule has 0 aromatic heterocycles. The molecule has 198 valence electrons. The van der Waals surface area contributed by atoms with Gasteiger partial charge in [-0.25, -0.2) is 0 Å². The first-order chi connectivity index (χ1) is 16.2. The van der Waals surface area contributed by atoms with Crippen molar-refractivity contribution in [1.82, 2.24) is 0 Å². The normalized spacial score (nSPS) is 55.7. The van der Waals surface area contributed by atoms with Gasteiger partial charge in [-0.1, -0.05) is 48.5 Å². The van der Waals surface area contributed by atoms with Crippen LogP contribution in [0.1, 0.15) is 120 Å². The summed E-state index contributed by atoms with van der Waals surface area (Å²) in [6.07, 6.45) is 13.7. The lowest BCUT2D eigenvalue weighted by Crippen LogP contribution is -2.67. The van der Waals surface area contributed by atoms with E-state index in [0.717, 1.165) is 30.8 Å². The highest BCUT2D eigenvalue weighted by Gasteiger charge is 2.72. The summed E-state index contributed by atoms with van der Waals surface area (Å²) in [4.78, 5) is 11.9. The minimum absolute atomic E-state index is 0.0503. The van der Waals surface area contributed by atoms with Crippen LogP contribution >= 0.6 is 0 Å². The van der Waals surface area contributed by atoms with Crippen LogP contribution in [0.5, 0.6) is 0 Å². The van der Waals surface area contributed by atoms with Crippen LogP contribution in [0.25, 0.3) is 0 Å². The van der Waals surface area contributed by atoms with Gasteiger partial charge < -0.3 is 9.47 Å². The fourth-order valence-corrected chi connectivity index (χ4v) is 12.4. The molecule has 0 N–H and O–H groups in total. The summed E-state index contributed by atoms with van der Waals surface area (Å²) in [5.41, 5.74) is 2.00. The lowest BCUT2D eigenvalue weighted by molar-refractivity contribution is -0.254. The molecule has 1 unspecified atom stereocenters. The van der Waals surface area contributed by atoms with E-state index in [1.54, 1.807) is 6.92 Å². The van der Waals surface area contributed by atoms with Gasteiger partial charge in [0.15, 0.2) is 0 Å². The zero-order valence-corrected chi connectivity index (χ0v) is 24.0. The number of rotatable bonds is 1. The van der Waals surface area contributed by atoms with Crippen LogP contribution in [0.4, 0.5) is 0 Å². The minimum Gasteiger partial charge on any atom is -0.462 e. The van der Waals surface area contributed by atoms with Crippen molar-refractivity contribution in [2.45, 2.75) is 132 Å². The van der Waals surface area contributed by atoms with Crippen LogP contribution < -0.4 is 0 Å². The van der Waals surface area contributed by atoms with Crippen molar-refractivity contribution < 1.29 is 14.3 Å². The molecule has 5 aliphatic carbocycles. The van der Waals surface area contributed by atoms with E-state index < -0.39 is 0 Å². The van der Waals surface area contributed by atoms with Crippen LogP contribution in [-0.4, -0.2) is 24.8 Å². The van der Waals surface area contributed by atoms with Crippen LogP contribution in [0, 0.1) is 56.2 Å². The van der Waals surface area contributed by atoms with E-state index in [1.165, 1.54) is 57.8 Å². The monoisotopic (exact) mass is 484 g/mol. The third-order valence-electron chi connectivity index (χ3n) is 14.4. The SMILES string of the molecule is CC(=O)OC1CC[C@]2(C)[C@H]3CC[C@@H]4[C@H]5[C@H]6OC[C@@]5(CCC6(C)C)CC[C@@]4(C)[C@]3(C)CC[C@H]2C1(C)C. The Labute approximate surface area is 214 Å². The van der Waals surface area contributed by atoms with Gasteiger partial charge >= 0.3 is 5.97 Å². The Balaban J connectivity index is 1.35. The summed E-state index contributed by atoms with van der Waals surface area (Å²) in [7, 11) is 0. The molecule has 6 aliphatic rings. The average molecular weight is 485 g/mol. The van der Waals surface area contributed by atoms with Crippen molar-refractivity contribution in [3.63, 3.8) is 0 Å². The van der Waals surface area contributed by atoms with Gasteiger partial charge in [0, 0.05) is 12.3 Å². The van der Waals surface area contributed by atoms with Crippen molar-refractivity contribution >= 4 is 5.97 Å². The number of carbonyl (C=O) groups excluding carboxylic acids is 1. The zero-order valence-electron chi connectivity index (χ0n) is 24.0. The second-order valence-corrected chi connectivity index (χ2v) is 16.2. The molecule has 5 saturated carbocycles. The summed E-state index contributed by atoms with van der Waals surface area (Å²) in [6, 6.07) is 0. The molecule has 3 heteroatoms. The number of hydrogen-bond donors (Lipinski definition) is 0. The first kappa shape index (κ1) is 24.7. The topological polar surface area (TPSA) is 35.5 Å². The van der Waals surface area contributed by atoms with E-state index in [1.807, 2.05) is 0 Å². The highest BCUT2D eigenvalue weighted by Crippen LogP contribution is 2.78. The molecular formula is C32H52O3. The Bertz CT molecular complexity index is 906. The van der Waals surface area contributed by atoms with Crippen LogP contribution in [0.15, 0.2) is 0 Å². The highest BCUT2D eigenvalue weighted by atomic mass is 16.5. The molecular weight excluding hydrogens is 432 g/mol. The highest BCUT2D eigenvalue weighted by molar-refractivity contribution is 5.66. The fourth-order valence-electron chi connectivity index (χ4n) is 12.4. The molecule has 6 fully saturated rings. The van der Waals surface area contributed by atoms with Crippen LogP contribution in [-0.2, 0) is 14.3 Å². The van der Waals surface area contributed by atoms with E-state index in [-0.39, 0.29) is 17.5 Å². The quantitative estimate of drug-likeness (QED) is 0.356. The lowest BCUT2D eigenvalue weighted by atomic mass is 9.31. The standard InChI is InChI=1S/C32H52O3/c1-20(33)35-24-12-13-29(6)22(28(24,4)5)11-14-31(8)23(29)10-9-21-25-26-27(2,3)15-17-32(25,19-34-26)18-16-30(21,31)7/h21-26H,9-19H2,1-8H3/t21-,22+,23-,24?,25+,26-,29+,30-,31-,32-/m1/s1. The van der Waals surface area contributed by atoms with Gasteiger partial charge in [0.1, 0.15) is 6.10 Å². The Morgan fingerprint density at radius 3 is 2.20 bits per heavy atom. The lowest BCUT2D eigenvalue weighted by Gasteiger charge is -2.73. The second kappa shape index (κ2) is 7.29. The summed E-state index contributed by atoms with van der Waals surface area (Å²) >= 11 is 0. The van der Waals surface area contributed by atoms with Crippen LogP contribution in [0.3, 0.4) is 0 Å². The third kappa shape index (κ3) is 2.97. The van der Waals surface area contributed by atoms with Crippen molar-refractivity contribution in [2.75, 3.05) is 6.61 Å². The van der Waals surface area contributed by atoms with E-state index in [2.05, 4.69) is 48.5 Å². The fraction of sp³-hybridized carbons (Fsp3) is 0.969. The van der Waals surface area contributed by atoms with E-state index in [0.29, 0.717) is 39.1 Å². The maximum Gasteiger partial charge on any atom is 0.302 e. The maximum absolute atomic E-state index is 11.9. The number of esters is 1. The molecule has 1 saturated heterocycles. The van der Waals surface area contributed by atoms with Crippen molar-refractivity contribution in [1.29, 1.82) is 0 Å². The minimum atomic E-state index is -0.108. The molecule has 2 bridgehead atoms. The van der Waals surface area contributed by atoms with Crippen molar-refractivity contribution in [2.24, 2.45) is 56.2 Å². The molecule has 3 nitrogen and oxygen atoms in total. The van der Waals surface area contributed by atoms with Crippen LogP contribution in [0.2, 0.25) is 0 Å². The Morgan fingerprint density at radius 1 is 0.771 bits per heavy atom. The maximum atomic E-state index is 11.9. The average Bonchev–Trinajstić information content (AvgIpc) is 3.10. The summed E-state index contributed by atoms with van der Waals surface area (Å²) in [6.45, 7) is 20.5. The van der Waals surface area contributed by atoms with Gasteiger partial charge in [0.05, 0.1) is 12.7 Å². The predicted molar refractivity (Wildman–Crippen MR) is 140 cm³/mol. The predicted octanol–water partition coefficient (Wildman–Crippen LogP) is 7.81. The molecule has 0 spiro atoms. The Kier molecular flexibility index (Phi) is 5.16. The van der Waals surface area contributed by atoms with E-state index >= 15 is 0 Å². The molecule has 0 amide bonds. The summed E-state index contributed by atoms with van der Waals surface area (Å²) in [5, 5.41) is 0. The van der Waals surface area contributed by atoms with E-state index in [9.17, 15) is 4.79 Å². The van der Waals surface area contributed by atoms with Gasteiger partial charge in [-0.05, 0) is 115 Å². The molecule has 0 aromatic rings. The van der Waals surface area contributed by atoms with Gasteiger partial charge in [0.25, 0.3) is 0 Å². The molecule has 0 aromatic carbocycles. The summed E-state index contributed by atoms with van der Waals surface area (Å²) in [5.74, 6) is 2.88. The number of fused-ring (bicyclic) bond motifs is 5. The number of carbonyl (C=O) groups is 1. The molecule has 6 rings (SSSR count). The Morgan fingerprint density at radius 2 is 1.49 bits per heavy atom. The largest absolute Gasteiger partial charge is 0.462 e. The molecule has 0 radical (unpaired) electrons. The van der Waals surface area contributed by atoms with Crippen molar-refractivity contribution in [3.8, 4) is 0 Å². The molecule has 1 aliphatic heterocycles. The molecule has 10 atom stereocenters. The first-order valence-corrected chi connectivity index (χ1v) is 15.0. The number of ether oxygens (including phenoxy) is 2. The molecule has 1 heterocycles. The Hall–Kier alpha value is -0.570. The van der Waals surface area contributed by atoms with Crippen molar-refractivity contribution in [3.05, 3.63) is 0 Å². The summed E-state index contributed by atoms with van der Waals surface area (Å²) < 4.78 is 12.7. The van der Waals surface area contributed by atoms with Gasteiger partial charge in [-0.15, -0.1) is 0 Å². The van der Waals surface area contributed by atoms with E-state index in [4.69, 9.17) is 9.47 Å². The van der Waals surface area contributed by atoms with Gasteiger partial charge in [0.2, 0.25) is 0 Å². The second-order valence-electron chi connectivity index (χ2n) is 16.2. The third-order valence-corrected chi connectivity index (χ3v) is 14.4. The molecule has 35 heavy (non-hydrogen) atoms. The zero-order chi connectivity index (χ0) is 25.2. The smallest absolute Gasteiger partial charge is 0.302 e. The van der Waals surface area contributed by atoms with Gasteiger partial charge in [-0.2, -0.15) is 0 Å². The first-order valence-electron chi connectivity index (χ1n) is 15.0.